The van der Waals surface area contributed by atoms with Gasteiger partial charge in [-0.05, 0) is 80.1 Å². The molecule has 1 N–H and O–H groups in total. The van der Waals surface area contributed by atoms with Gasteiger partial charge < -0.3 is 10.1 Å². The second-order valence-electron chi connectivity index (χ2n) is 5.66. The summed E-state index contributed by atoms with van der Waals surface area (Å²) in [5.74, 6) is 0.957. The van der Waals surface area contributed by atoms with Crippen molar-refractivity contribution in [1.29, 1.82) is 0 Å². The van der Waals surface area contributed by atoms with E-state index in [9.17, 15) is 4.79 Å². The van der Waals surface area contributed by atoms with Crippen molar-refractivity contribution in [2.24, 2.45) is 0 Å². The van der Waals surface area contributed by atoms with E-state index in [2.05, 4.69) is 51.0 Å². The number of benzene rings is 2. The van der Waals surface area contributed by atoms with Crippen LogP contribution in [0.25, 0.3) is 0 Å². The molecule has 0 fully saturated rings. The Hall–Kier alpha value is -1.33. The molecule has 3 nitrogen and oxygen atoms in total. The molecule has 0 saturated carbocycles. The van der Waals surface area contributed by atoms with Crippen LogP contribution in [0, 0.1) is 6.92 Å². The molecule has 23 heavy (non-hydrogen) atoms. The minimum absolute atomic E-state index is 0.0339. The molecule has 0 saturated heterocycles. The topological polar surface area (TPSA) is 38.3 Å². The van der Waals surface area contributed by atoms with E-state index >= 15 is 0 Å². The molecule has 2 aromatic carbocycles. The standard InChI is InChI=1S/C18H19Br2NO2/c1-11(2)13-4-6-14(7-5-13)23-10-17(22)21-18-15(19)8-12(3)9-16(18)20/h4-9,11H,10H2,1-3H3,(H,21,22). The fourth-order valence-corrected chi connectivity index (χ4v) is 3.71. The van der Waals surface area contributed by atoms with Gasteiger partial charge in [0.05, 0.1) is 5.69 Å². The number of ether oxygens (including phenoxy) is 1. The van der Waals surface area contributed by atoms with Crippen LogP contribution in [0.2, 0.25) is 0 Å². The Labute approximate surface area is 153 Å². The molecule has 0 radical (unpaired) electrons. The summed E-state index contributed by atoms with van der Waals surface area (Å²) in [6, 6.07) is 11.7. The van der Waals surface area contributed by atoms with Crippen molar-refractivity contribution >= 4 is 43.5 Å². The zero-order chi connectivity index (χ0) is 17.0. The quantitative estimate of drug-likeness (QED) is 0.651. The first-order valence-corrected chi connectivity index (χ1v) is 8.93. The lowest BCUT2D eigenvalue weighted by atomic mass is 10.0. The lowest BCUT2D eigenvalue weighted by molar-refractivity contribution is -0.118. The maximum Gasteiger partial charge on any atom is 0.262 e. The second kappa shape index (κ2) is 7.97. The fourth-order valence-electron chi connectivity index (χ4n) is 2.09. The van der Waals surface area contributed by atoms with Crippen molar-refractivity contribution in [2.75, 3.05) is 11.9 Å². The molecule has 5 heteroatoms. The van der Waals surface area contributed by atoms with Crippen LogP contribution in [0.5, 0.6) is 5.75 Å². The van der Waals surface area contributed by atoms with Gasteiger partial charge in [-0.3, -0.25) is 4.79 Å². The second-order valence-corrected chi connectivity index (χ2v) is 7.37. The highest BCUT2D eigenvalue weighted by Gasteiger charge is 2.11. The molecule has 1 amide bonds. The summed E-state index contributed by atoms with van der Waals surface area (Å²) >= 11 is 6.92. The van der Waals surface area contributed by atoms with E-state index in [-0.39, 0.29) is 12.5 Å². The van der Waals surface area contributed by atoms with Crippen LogP contribution in [-0.2, 0) is 4.79 Å². The van der Waals surface area contributed by atoms with Crippen molar-refractivity contribution in [1.82, 2.24) is 0 Å². The summed E-state index contributed by atoms with van der Waals surface area (Å²) in [6.45, 7) is 6.24. The van der Waals surface area contributed by atoms with Crippen molar-refractivity contribution < 1.29 is 9.53 Å². The summed E-state index contributed by atoms with van der Waals surface area (Å²) < 4.78 is 7.20. The van der Waals surface area contributed by atoms with E-state index in [1.54, 1.807) is 0 Å². The number of halogens is 2. The van der Waals surface area contributed by atoms with Gasteiger partial charge >= 0.3 is 0 Å². The van der Waals surface area contributed by atoms with E-state index in [4.69, 9.17) is 4.74 Å². The Bertz CT molecular complexity index is 674. The zero-order valence-corrected chi connectivity index (χ0v) is 16.5. The zero-order valence-electron chi connectivity index (χ0n) is 13.3. The molecule has 2 rings (SSSR count). The van der Waals surface area contributed by atoms with Gasteiger partial charge in [-0.15, -0.1) is 0 Å². The highest BCUT2D eigenvalue weighted by Crippen LogP contribution is 2.32. The van der Waals surface area contributed by atoms with Crippen molar-refractivity contribution in [3.63, 3.8) is 0 Å². The summed E-state index contributed by atoms with van der Waals surface area (Å²) in [7, 11) is 0. The number of nitrogens with one attached hydrogen (secondary N) is 1. The summed E-state index contributed by atoms with van der Waals surface area (Å²) in [6.07, 6.45) is 0. The van der Waals surface area contributed by atoms with E-state index in [1.165, 1.54) is 5.56 Å². The lowest BCUT2D eigenvalue weighted by Gasteiger charge is -2.12. The predicted molar refractivity (Wildman–Crippen MR) is 101 cm³/mol. The van der Waals surface area contributed by atoms with Crippen LogP contribution in [0.15, 0.2) is 45.3 Å². The predicted octanol–water partition coefficient (Wildman–Crippen LogP) is 5.66. The third-order valence-corrected chi connectivity index (χ3v) is 4.62. The fraction of sp³-hybridized carbons (Fsp3) is 0.278. The van der Waals surface area contributed by atoms with Crippen LogP contribution in [0.4, 0.5) is 5.69 Å². The minimum Gasteiger partial charge on any atom is -0.484 e. The van der Waals surface area contributed by atoms with Crippen LogP contribution >= 0.6 is 31.9 Å². The minimum atomic E-state index is -0.205. The first kappa shape index (κ1) is 18.0. The summed E-state index contributed by atoms with van der Waals surface area (Å²) in [4.78, 5) is 12.1. The number of anilines is 1. The number of aryl methyl sites for hydroxylation is 1. The summed E-state index contributed by atoms with van der Waals surface area (Å²) in [5.41, 5.74) is 3.05. The number of carbonyl (C=O) groups excluding carboxylic acids is 1. The average Bonchev–Trinajstić information content (AvgIpc) is 2.49. The molecule has 0 unspecified atom stereocenters. The SMILES string of the molecule is Cc1cc(Br)c(NC(=O)COc2ccc(C(C)C)cc2)c(Br)c1. The molecule has 0 atom stereocenters. The van der Waals surface area contributed by atoms with Gasteiger partial charge in [-0.1, -0.05) is 26.0 Å². The molecule has 0 heterocycles. The monoisotopic (exact) mass is 439 g/mol. The smallest absolute Gasteiger partial charge is 0.262 e. The van der Waals surface area contributed by atoms with Gasteiger partial charge in [0.2, 0.25) is 0 Å². The van der Waals surface area contributed by atoms with Gasteiger partial charge in [-0.25, -0.2) is 0 Å². The number of amides is 1. The maximum atomic E-state index is 12.1. The highest BCUT2D eigenvalue weighted by molar-refractivity contribution is 9.11. The van der Waals surface area contributed by atoms with E-state index in [0.29, 0.717) is 17.4 Å². The first-order valence-electron chi connectivity index (χ1n) is 7.35. The van der Waals surface area contributed by atoms with Crippen molar-refractivity contribution in [3.8, 4) is 5.75 Å². The van der Waals surface area contributed by atoms with Gasteiger partial charge in [-0.2, -0.15) is 0 Å². The highest BCUT2D eigenvalue weighted by atomic mass is 79.9. The van der Waals surface area contributed by atoms with Gasteiger partial charge in [0, 0.05) is 8.95 Å². The molecule has 0 aromatic heterocycles. The third-order valence-electron chi connectivity index (χ3n) is 3.37. The first-order chi connectivity index (χ1) is 10.9. The summed E-state index contributed by atoms with van der Waals surface area (Å²) in [5, 5.41) is 2.85. The lowest BCUT2D eigenvalue weighted by Crippen LogP contribution is -2.20. The molecule has 0 aliphatic rings. The van der Waals surface area contributed by atoms with Crippen LogP contribution in [-0.4, -0.2) is 12.5 Å². The van der Waals surface area contributed by atoms with Crippen molar-refractivity contribution in [3.05, 3.63) is 56.5 Å². The van der Waals surface area contributed by atoms with E-state index in [0.717, 1.165) is 14.5 Å². The normalized spacial score (nSPS) is 10.7. The molecule has 0 aliphatic carbocycles. The Morgan fingerprint density at radius 3 is 2.22 bits per heavy atom. The number of hydrogen-bond acceptors (Lipinski definition) is 2. The van der Waals surface area contributed by atoms with Gasteiger partial charge in [0.15, 0.2) is 6.61 Å². The van der Waals surface area contributed by atoms with Crippen LogP contribution in [0.3, 0.4) is 0 Å². The Balaban J connectivity index is 1.95. The number of hydrogen-bond donors (Lipinski definition) is 1. The Morgan fingerprint density at radius 1 is 1.13 bits per heavy atom. The Kier molecular flexibility index (Phi) is 6.25. The number of carbonyl (C=O) groups is 1. The molecule has 0 aliphatic heterocycles. The van der Waals surface area contributed by atoms with E-state index < -0.39 is 0 Å². The Morgan fingerprint density at radius 2 is 1.70 bits per heavy atom. The molecular formula is C18H19Br2NO2. The molecule has 0 spiro atoms. The largest absolute Gasteiger partial charge is 0.484 e. The maximum absolute atomic E-state index is 12.1. The third kappa shape index (κ3) is 5.08. The van der Waals surface area contributed by atoms with Gasteiger partial charge in [0.1, 0.15) is 5.75 Å². The number of rotatable bonds is 5. The molecule has 2 aromatic rings. The molecule has 0 bridgehead atoms. The van der Waals surface area contributed by atoms with Gasteiger partial charge in [0.25, 0.3) is 5.91 Å². The van der Waals surface area contributed by atoms with Crippen LogP contribution in [0.1, 0.15) is 30.9 Å². The van der Waals surface area contributed by atoms with Crippen molar-refractivity contribution in [2.45, 2.75) is 26.7 Å². The molecular weight excluding hydrogens is 422 g/mol. The molecule has 122 valence electrons. The van der Waals surface area contributed by atoms with Crippen LogP contribution < -0.4 is 10.1 Å². The average molecular weight is 441 g/mol. The van der Waals surface area contributed by atoms with E-state index in [1.807, 2.05) is 43.3 Å².